The van der Waals surface area contributed by atoms with Crippen molar-refractivity contribution in [3.05, 3.63) is 77.2 Å². The molecule has 2 saturated carbocycles. The van der Waals surface area contributed by atoms with Crippen molar-refractivity contribution in [3.8, 4) is 0 Å². The third kappa shape index (κ3) is 5.12. The van der Waals surface area contributed by atoms with E-state index >= 15 is 0 Å². The van der Waals surface area contributed by atoms with Crippen molar-refractivity contribution in [2.75, 3.05) is 0 Å². The summed E-state index contributed by atoms with van der Waals surface area (Å²) in [5, 5.41) is 12.8. The fourth-order valence-electron chi connectivity index (χ4n) is 5.77. The molecule has 3 atom stereocenters. The fourth-order valence-corrected chi connectivity index (χ4v) is 5.77. The lowest BCUT2D eigenvalue weighted by Crippen LogP contribution is -2.50. The van der Waals surface area contributed by atoms with Crippen LogP contribution in [0.1, 0.15) is 55.2 Å². The maximum absolute atomic E-state index is 14.0. The number of halogens is 1. The molecule has 2 aromatic carbocycles. The van der Waals surface area contributed by atoms with E-state index in [9.17, 15) is 19.1 Å². The number of aliphatic imine (C=N–C) groups is 1. The Morgan fingerprint density at radius 1 is 1.17 bits per heavy atom. The number of benzene rings is 2. The van der Waals surface area contributed by atoms with Crippen molar-refractivity contribution in [1.29, 1.82) is 0 Å². The predicted molar refractivity (Wildman–Crippen MR) is 137 cm³/mol. The Labute approximate surface area is 210 Å². The van der Waals surface area contributed by atoms with Crippen LogP contribution in [-0.4, -0.2) is 29.2 Å². The Kier molecular flexibility index (Phi) is 6.75. The molecule has 3 aliphatic rings. The largest absolute Gasteiger partial charge is 0.481 e. The van der Waals surface area contributed by atoms with E-state index in [1.54, 1.807) is 18.2 Å². The number of carboxylic acid groups (broad SMARTS) is 1. The van der Waals surface area contributed by atoms with E-state index in [1.165, 1.54) is 11.6 Å². The lowest BCUT2D eigenvalue weighted by Gasteiger charge is -2.41. The topological polar surface area (TPSA) is 105 Å². The molecule has 2 aliphatic carbocycles. The highest BCUT2D eigenvalue weighted by Gasteiger charge is 2.43. The molecule has 3 unspecified atom stereocenters. The molecule has 1 amide bonds. The molecule has 7 heteroatoms. The van der Waals surface area contributed by atoms with Crippen molar-refractivity contribution in [1.82, 2.24) is 5.32 Å². The first-order valence-electron chi connectivity index (χ1n) is 12.7. The molecule has 0 aromatic heterocycles. The Morgan fingerprint density at radius 3 is 2.69 bits per heavy atom. The van der Waals surface area contributed by atoms with Crippen LogP contribution in [-0.2, 0) is 21.5 Å². The summed E-state index contributed by atoms with van der Waals surface area (Å²) in [5.74, 6) is -0.717. The molecule has 1 heterocycles. The molecule has 0 bridgehead atoms. The van der Waals surface area contributed by atoms with E-state index in [4.69, 9.17) is 5.73 Å². The van der Waals surface area contributed by atoms with Crippen LogP contribution in [0.4, 0.5) is 4.39 Å². The van der Waals surface area contributed by atoms with Gasteiger partial charge in [0.1, 0.15) is 5.82 Å². The van der Waals surface area contributed by atoms with Gasteiger partial charge in [0.15, 0.2) is 0 Å². The quantitative estimate of drug-likeness (QED) is 0.510. The molecule has 0 saturated heterocycles. The Hall–Kier alpha value is -3.32. The van der Waals surface area contributed by atoms with Gasteiger partial charge in [-0.15, -0.1) is 0 Å². The number of amides is 1. The van der Waals surface area contributed by atoms with Crippen LogP contribution < -0.4 is 11.1 Å². The highest BCUT2D eigenvalue weighted by Crippen LogP contribution is 2.49. The van der Waals surface area contributed by atoms with E-state index in [0.29, 0.717) is 43.1 Å². The Bertz CT molecular complexity index is 1220. The molecule has 5 rings (SSSR count). The Morgan fingerprint density at radius 2 is 1.94 bits per heavy atom. The van der Waals surface area contributed by atoms with Crippen LogP contribution in [0.5, 0.6) is 0 Å². The molecule has 2 fully saturated rings. The van der Waals surface area contributed by atoms with Gasteiger partial charge in [-0.25, -0.2) is 4.39 Å². The number of carbonyl (C=O) groups is 2. The number of hydrogen-bond acceptors (Lipinski definition) is 4. The lowest BCUT2D eigenvalue weighted by atomic mass is 9.72. The van der Waals surface area contributed by atoms with Crippen LogP contribution in [0.25, 0.3) is 5.57 Å². The first-order chi connectivity index (χ1) is 17.3. The summed E-state index contributed by atoms with van der Waals surface area (Å²) in [6.45, 7) is 0. The molecule has 0 radical (unpaired) electrons. The van der Waals surface area contributed by atoms with Gasteiger partial charge in [0.25, 0.3) is 0 Å². The zero-order chi connectivity index (χ0) is 25.3. The molecular formula is C29H32FN3O3. The number of nitrogens with zero attached hydrogens (tertiary/aromatic N) is 1. The average Bonchev–Trinajstić information content (AvgIpc) is 3.66. The van der Waals surface area contributed by atoms with Crippen molar-refractivity contribution in [2.24, 2.45) is 28.5 Å². The maximum Gasteiger partial charge on any atom is 0.306 e. The minimum absolute atomic E-state index is 0.0573. The van der Waals surface area contributed by atoms with Crippen molar-refractivity contribution < 1.29 is 19.1 Å². The first kappa shape index (κ1) is 24.4. The van der Waals surface area contributed by atoms with Crippen LogP contribution in [0.15, 0.2) is 59.7 Å². The SMILES string of the molecule is NC(CC(=O)NC1(c2cccc(C3=CN=CC4CC34)c2)CCC(C(=O)O)CC1)Cc1ccccc1F. The number of hydrogen-bond donors (Lipinski definition) is 3. The third-order valence-corrected chi connectivity index (χ3v) is 7.93. The number of carboxylic acids is 1. The summed E-state index contributed by atoms with van der Waals surface area (Å²) >= 11 is 0. The minimum Gasteiger partial charge on any atom is -0.481 e. The summed E-state index contributed by atoms with van der Waals surface area (Å²) in [6, 6.07) is 14.1. The molecule has 6 nitrogen and oxygen atoms in total. The molecule has 2 aromatic rings. The third-order valence-electron chi connectivity index (χ3n) is 7.93. The number of nitrogens with two attached hydrogens (primary N) is 1. The molecule has 1 aliphatic heterocycles. The van der Waals surface area contributed by atoms with Gasteiger partial charge in [-0.1, -0.05) is 36.4 Å². The zero-order valence-corrected chi connectivity index (χ0v) is 20.2. The normalized spacial score (nSPS) is 27.5. The van der Waals surface area contributed by atoms with Gasteiger partial charge < -0.3 is 16.2 Å². The standard InChI is InChI=1S/C29H32FN3O3/c30-26-7-2-1-4-20(26)13-23(31)15-27(34)33-29(10-8-18(9-11-29)28(35)36)22-6-3-5-19(12-22)25-17-32-16-21-14-24(21)25/h1-7,12,16-18,21,23-24H,8-11,13-15,31H2,(H,33,34)(H,35,36). The van der Waals surface area contributed by atoms with Crippen molar-refractivity contribution >= 4 is 23.7 Å². The van der Waals surface area contributed by atoms with Gasteiger partial charge in [0.05, 0.1) is 11.5 Å². The second-order valence-corrected chi connectivity index (χ2v) is 10.5. The van der Waals surface area contributed by atoms with Crippen LogP contribution in [0.3, 0.4) is 0 Å². The van der Waals surface area contributed by atoms with Crippen LogP contribution in [0.2, 0.25) is 0 Å². The smallest absolute Gasteiger partial charge is 0.306 e. The predicted octanol–water partition coefficient (Wildman–Crippen LogP) is 4.43. The van der Waals surface area contributed by atoms with Gasteiger partial charge >= 0.3 is 5.97 Å². The van der Waals surface area contributed by atoms with E-state index in [1.807, 2.05) is 24.5 Å². The number of carbonyl (C=O) groups excluding carboxylic acids is 1. The number of rotatable bonds is 8. The molecular weight excluding hydrogens is 457 g/mol. The van der Waals surface area contributed by atoms with Gasteiger partial charge in [0, 0.05) is 30.8 Å². The lowest BCUT2D eigenvalue weighted by molar-refractivity contribution is -0.143. The second kappa shape index (κ2) is 9.97. The highest BCUT2D eigenvalue weighted by molar-refractivity contribution is 5.82. The summed E-state index contributed by atoms with van der Waals surface area (Å²) in [4.78, 5) is 29.2. The molecule has 0 spiro atoms. The minimum atomic E-state index is -0.791. The van der Waals surface area contributed by atoms with Gasteiger partial charge in [0.2, 0.25) is 5.91 Å². The van der Waals surface area contributed by atoms with Gasteiger partial charge in [-0.2, -0.15) is 0 Å². The molecule has 36 heavy (non-hydrogen) atoms. The zero-order valence-electron chi connectivity index (χ0n) is 20.2. The van der Waals surface area contributed by atoms with E-state index in [0.717, 1.165) is 17.5 Å². The van der Waals surface area contributed by atoms with Crippen LogP contribution in [0, 0.1) is 23.6 Å². The van der Waals surface area contributed by atoms with Gasteiger partial charge in [-0.3, -0.25) is 14.6 Å². The summed E-state index contributed by atoms with van der Waals surface area (Å²) in [5.41, 5.74) is 9.36. The number of aliphatic carboxylic acids is 1. The number of nitrogens with one attached hydrogen (secondary N) is 1. The van der Waals surface area contributed by atoms with E-state index < -0.39 is 23.5 Å². The van der Waals surface area contributed by atoms with E-state index in [-0.39, 0.29) is 24.6 Å². The summed E-state index contributed by atoms with van der Waals surface area (Å²) in [7, 11) is 0. The van der Waals surface area contributed by atoms with Crippen LogP contribution >= 0.6 is 0 Å². The molecule has 4 N–H and O–H groups in total. The van der Waals surface area contributed by atoms with Crippen molar-refractivity contribution in [3.63, 3.8) is 0 Å². The van der Waals surface area contributed by atoms with Crippen molar-refractivity contribution in [2.45, 2.75) is 56.5 Å². The molecule has 188 valence electrons. The van der Waals surface area contributed by atoms with Gasteiger partial charge in [-0.05, 0) is 78.8 Å². The number of allylic oxidation sites excluding steroid dienone is 1. The highest BCUT2D eigenvalue weighted by atomic mass is 19.1. The summed E-state index contributed by atoms with van der Waals surface area (Å²) in [6.07, 6.45) is 7.41. The second-order valence-electron chi connectivity index (χ2n) is 10.5. The first-order valence-corrected chi connectivity index (χ1v) is 12.7. The summed E-state index contributed by atoms with van der Waals surface area (Å²) < 4.78 is 14.0. The fraction of sp³-hybridized carbons (Fsp3) is 0.414. The Balaban J connectivity index is 1.35. The maximum atomic E-state index is 14.0. The van der Waals surface area contributed by atoms with E-state index in [2.05, 4.69) is 22.4 Å². The monoisotopic (exact) mass is 489 g/mol. The number of fused-ring (bicyclic) bond motifs is 1. The average molecular weight is 490 g/mol.